The molecule has 0 aliphatic heterocycles. The van der Waals surface area contributed by atoms with Crippen LogP contribution >= 0.6 is 0 Å². The molecule has 88 valence electrons. The van der Waals surface area contributed by atoms with E-state index >= 15 is 0 Å². The van der Waals surface area contributed by atoms with Gasteiger partial charge in [-0.3, -0.25) is 4.79 Å². The molecule has 0 N–H and O–H groups in total. The van der Waals surface area contributed by atoms with Crippen LogP contribution in [0.5, 0.6) is 5.75 Å². The molecule has 2 rings (SSSR count). The summed E-state index contributed by atoms with van der Waals surface area (Å²) in [5, 5.41) is 0. The molecule has 0 amide bonds. The van der Waals surface area contributed by atoms with Crippen LogP contribution in [0.3, 0.4) is 0 Å². The quantitative estimate of drug-likeness (QED) is 0.769. The van der Waals surface area contributed by atoms with E-state index in [4.69, 9.17) is 9.15 Å². The zero-order valence-electron chi connectivity index (χ0n) is 8.65. The molecule has 1 aromatic heterocycles. The summed E-state index contributed by atoms with van der Waals surface area (Å²) in [7, 11) is 0. The summed E-state index contributed by atoms with van der Waals surface area (Å²) in [5.74, 6) is -0.934. The Labute approximate surface area is 95.6 Å². The predicted molar refractivity (Wildman–Crippen MR) is 54.8 cm³/mol. The maximum absolute atomic E-state index is 13.2. The second-order valence-electron chi connectivity index (χ2n) is 3.29. The zero-order valence-corrected chi connectivity index (χ0v) is 8.65. The molecule has 0 unspecified atom stereocenters. The minimum Gasteiger partial charge on any atom is -0.482 e. The topological polar surface area (TPSA) is 39.4 Å². The minimum atomic E-state index is -0.659. The second kappa shape index (κ2) is 4.78. The molecule has 0 atom stereocenters. The van der Waals surface area contributed by atoms with Gasteiger partial charge in [0.2, 0.25) is 0 Å². The highest BCUT2D eigenvalue weighted by molar-refractivity contribution is 5.70. The molecule has 0 saturated heterocycles. The van der Waals surface area contributed by atoms with E-state index in [1.54, 1.807) is 0 Å². The van der Waals surface area contributed by atoms with Crippen molar-refractivity contribution >= 4 is 6.29 Å². The van der Waals surface area contributed by atoms with Crippen LogP contribution in [0.2, 0.25) is 0 Å². The standard InChI is InChI=1S/C12H8F2O3/c13-8-1-4-11(14)12(5-8)16-7-10-3-2-9(6-15)17-10/h1-6H,7H2. The highest BCUT2D eigenvalue weighted by Crippen LogP contribution is 2.19. The molecule has 0 fully saturated rings. The van der Waals surface area contributed by atoms with E-state index in [0.717, 1.165) is 18.2 Å². The molecule has 1 aromatic carbocycles. The number of carbonyl (C=O) groups is 1. The molecule has 17 heavy (non-hydrogen) atoms. The Morgan fingerprint density at radius 3 is 2.76 bits per heavy atom. The molecule has 5 heteroatoms. The van der Waals surface area contributed by atoms with Gasteiger partial charge in [-0.05, 0) is 24.3 Å². The summed E-state index contributed by atoms with van der Waals surface area (Å²) in [6.07, 6.45) is 0.548. The lowest BCUT2D eigenvalue weighted by Gasteiger charge is -2.05. The second-order valence-corrected chi connectivity index (χ2v) is 3.29. The maximum Gasteiger partial charge on any atom is 0.185 e. The predicted octanol–water partition coefficient (Wildman–Crippen LogP) is 2.95. The molecular formula is C12H8F2O3. The number of rotatable bonds is 4. The van der Waals surface area contributed by atoms with Crippen LogP contribution in [0.4, 0.5) is 8.78 Å². The number of furan rings is 1. The molecular weight excluding hydrogens is 230 g/mol. The van der Waals surface area contributed by atoms with E-state index < -0.39 is 11.6 Å². The van der Waals surface area contributed by atoms with E-state index in [1.165, 1.54) is 12.1 Å². The molecule has 3 nitrogen and oxygen atoms in total. The van der Waals surface area contributed by atoms with E-state index in [0.29, 0.717) is 12.0 Å². The van der Waals surface area contributed by atoms with Crippen LogP contribution in [0, 0.1) is 11.6 Å². The van der Waals surface area contributed by atoms with Gasteiger partial charge in [0, 0.05) is 6.07 Å². The van der Waals surface area contributed by atoms with E-state index in [1.807, 2.05) is 0 Å². The highest BCUT2D eigenvalue weighted by atomic mass is 19.1. The van der Waals surface area contributed by atoms with Gasteiger partial charge in [0.05, 0.1) is 0 Å². The van der Waals surface area contributed by atoms with Crippen molar-refractivity contribution < 1.29 is 22.7 Å². The smallest absolute Gasteiger partial charge is 0.185 e. The molecule has 0 saturated carbocycles. The van der Waals surface area contributed by atoms with Gasteiger partial charge in [0.15, 0.2) is 23.6 Å². The molecule has 0 aliphatic rings. The summed E-state index contributed by atoms with van der Waals surface area (Å²) >= 11 is 0. The Bertz CT molecular complexity index is 534. The largest absolute Gasteiger partial charge is 0.482 e. The average molecular weight is 238 g/mol. The normalized spacial score (nSPS) is 10.2. The number of carbonyl (C=O) groups excluding carboxylic acids is 1. The molecule has 2 aromatic rings. The van der Waals surface area contributed by atoms with E-state index in [2.05, 4.69) is 0 Å². The number of hydrogen-bond acceptors (Lipinski definition) is 3. The summed E-state index contributed by atoms with van der Waals surface area (Å²) in [6, 6.07) is 5.91. The fourth-order valence-corrected chi connectivity index (χ4v) is 1.27. The third kappa shape index (κ3) is 2.69. The number of halogens is 2. The number of benzene rings is 1. The number of aldehydes is 1. The van der Waals surface area contributed by atoms with Crippen LogP contribution in [-0.4, -0.2) is 6.29 Å². The summed E-state index contributed by atoms with van der Waals surface area (Å²) < 4.78 is 36.0. The van der Waals surface area contributed by atoms with Gasteiger partial charge >= 0.3 is 0 Å². The van der Waals surface area contributed by atoms with Crippen LogP contribution in [0.15, 0.2) is 34.7 Å². The van der Waals surface area contributed by atoms with Crippen molar-refractivity contribution in [2.24, 2.45) is 0 Å². The fraction of sp³-hybridized carbons (Fsp3) is 0.0833. The Morgan fingerprint density at radius 1 is 1.24 bits per heavy atom. The third-order valence-corrected chi connectivity index (χ3v) is 2.06. The van der Waals surface area contributed by atoms with Crippen molar-refractivity contribution in [3.63, 3.8) is 0 Å². The van der Waals surface area contributed by atoms with Gasteiger partial charge in [0.1, 0.15) is 18.2 Å². The maximum atomic E-state index is 13.2. The molecule has 0 spiro atoms. The van der Waals surface area contributed by atoms with Crippen molar-refractivity contribution in [1.82, 2.24) is 0 Å². The summed E-state index contributed by atoms with van der Waals surface area (Å²) in [6.45, 7) is -0.0752. The van der Waals surface area contributed by atoms with Crippen molar-refractivity contribution in [2.45, 2.75) is 6.61 Å². The lowest BCUT2D eigenvalue weighted by Crippen LogP contribution is -1.96. The van der Waals surface area contributed by atoms with Gasteiger partial charge in [0.25, 0.3) is 0 Å². The average Bonchev–Trinajstić information content (AvgIpc) is 2.78. The van der Waals surface area contributed by atoms with Gasteiger partial charge in [-0.15, -0.1) is 0 Å². The number of ether oxygens (including phenoxy) is 1. The summed E-state index contributed by atoms with van der Waals surface area (Å²) in [4.78, 5) is 10.3. The SMILES string of the molecule is O=Cc1ccc(COc2cc(F)ccc2F)o1. The van der Waals surface area contributed by atoms with Gasteiger partial charge < -0.3 is 9.15 Å². The Hall–Kier alpha value is -2.17. The first-order valence-corrected chi connectivity index (χ1v) is 4.81. The third-order valence-electron chi connectivity index (χ3n) is 2.06. The lowest BCUT2D eigenvalue weighted by molar-refractivity contribution is 0.109. The lowest BCUT2D eigenvalue weighted by atomic mass is 10.3. The van der Waals surface area contributed by atoms with E-state index in [9.17, 15) is 13.6 Å². The molecule has 0 bridgehead atoms. The Balaban J connectivity index is 2.06. The van der Waals surface area contributed by atoms with Crippen molar-refractivity contribution in [1.29, 1.82) is 0 Å². The van der Waals surface area contributed by atoms with Crippen LogP contribution in [-0.2, 0) is 6.61 Å². The van der Waals surface area contributed by atoms with E-state index in [-0.39, 0.29) is 18.1 Å². The van der Waals surface area contributed by atoms with Crippen LogP contribution in [0.25, 0.3) is 0 Å². The zero-order chi connectivity index (χ0) is 12.3. The first-order valence-electron chi connectivity index (χ1n) is 4.81. The Kier molecular flexibility index (Phi) is 3.18. The molecule has 0 radical (unpaired) electrons. The number of hydrogen-bond donors (Lipinski definition) is 0. The van der Waals surface area contributed by atoms with Gasteiger partial charge in [-0.1, -0.05) is 0 Å². The molecule has 0 aliphatic carbocycles. The first kappa shape index (κ1) is 11.3. The monoisotopic (exact) mass is 238 g/mol. The minimum absolute atomic E-state index is 0.0752. The molecule has 1 heterocycles. The Morgan fingerprint density at radius 2 is 2.06 bits per heavy atom. The summed E-state index contributed by atoms with van der Waals surface area (Å²) in [5.41, 5.74) is 0. The van der Waals surface area contributed by atoms with Crippen LogP contribution < -0.4 is 4.74 Å². The van der Waals surface area contributed by atoms with Crippen molar-refractivity contribution in [3.05, 3.63) is 53.5 Å². The van der Waals surface area contributed by atoms with Crippen LogP contribution in [0.1, 0.15) is 16.3 Å². The highest BCUT2D eigenvalue weighted by Gasteiger charge is 2.07. The fourth-order valence-electron chi connectivity index (χ4n) is 1.27. The van der Waals surface area contributed by atoms with Crippen molar-refractivity contribution in [3.8, 4) is 5.75 Å². The van der Waals surface area contributed by atoms with Crippen molar-refractivity contribution in [2.75, 3.05) is 0 Å². The van der Waals surface area contributed by atoms with Gasteiger partial charge in [-0.2, -0.15) is 0 Å². The first-order chi connectivity index (χ1) is 8.19. The van der Waals surface area contributed by atoms with Gasteiger partial charge in [-0.25, -0.2) is 8.78 Å².